The summed E-state index contributed by atoms with van der Waals surface area (Å²) in [5.41, 5.74) is 5.97. The molecule has 2 rings (SSSR count). The van der Waals surface area contributed by atoms with Crippen LogP contribution < -0.4 is 5.73 Å². The van der Waals surface area contributed by atoms with Crippen molar-refractivity contribution in [3.8, 4) is 0 Å². The van der Waals surface area contributed by atoms with Crippen molar-refractivity contribution in [2.45, 2.75) is 6.04 Å². The maximum Gasteiger partial charge on any atom is 0.192 e. The van der Waals surface area contributed by atoms with Gasteiger partial charge in [0, 0.05) is 12.1 Å². The molecule has 90 valence electrons. The Labute approximate surface area is 98.3 Å². The molecule has 0 saturated carbocycles. The molecule has 2 N–H and O–H groups in total. The number of nitrogens with zero attached hydrogens (tertiary/aromatic N) is 2. The number of hydrogen-bond donors (Lipinski definition) is 1. The monoisotopic (exact) mass is 237 g/mol. The third-order valence-corrected chi connectivity index (χ3v) is 2.76. The highest BCUT2D eigenvalue weighted by Crippen LogP contribution is 2.28. The lowest BCUT2D eigenvalue weighted by Crippen LogP contribution is -2.36. The minimum atomic E-state index is -0.855. The van der Waals surface area contributed by atoms with Gasteiger partial charge in [0.25, 0.3) is 0 Å². The van der Waals surface area contributed by atoms with Gasteiger partial charge < -0.3 is 10.6 Å². The van der Waals surface area contributed by atoms with E-state index in [0.29, 0.717) is 19.0 Å². The first-order valence-electron chi connectivity index (χ1n) is 5.26. The summed E-state index contributed by atoms with van der Waals surface area (Å²) in [4.78, 5) is 5.75. The largest absolute Gasteiger partial charge is 0.370 e. The summed E-state index contributed by atoms with van der Waals surface area (Å²) in [5.74, 6) is -1.36. The van der Waals surface area contributed by atoms with Crippen molar-refractivity contribution in [3.05, 3.63) is 48.1 Å². The van der Waals surface area contributed by atoms with Gasteiger partial charge in [-0.05, 0) is 6.07 Å². The molecule has 0 amide bonds. The highest BCUT2D eigenvalue weighted by Gasteiger charge is 2.29. The highest BCUT2D eigenvalue weighted by atomic mass is 19.2. The summed E-state index contributed by atoms with van der Waals surface area (Å²) in [5, 5.41) is 0. The molecule has 1 aliphatic heterocycles. The Balaban J connectivity index is 2.34. The average Bonchev–Trinajstić information content (AvgIpc) is 2.66. The molecule has 1 aliphatic rings. The molecule has 1 aromatic carbocycles. The Bertz CT molecular complexity index is 471. The summed E-state index contributed by atoms with van der Waals surface area (Å²) < 4.78 is 26.8. The van der Waals surface area contributed by atoms with Crippen LogP contribution in [0.4, 0.5) is 8.78 Å². The van der Waals surface area contributed by atoms with Crippen LogP contribution in [0.25, 0.3) is 0 Å². The van der Waals surface area contributed by atoms with Gasteiger partial charge in [0.2, 0.25) is 0 Å². The molecule has 0 saturated heterocycles. The number of halogens is 2. The summed E-state index contributed by atoms with van der Waals surface area (Å²) in [6.07, 6.45) is 1.65. The van der Waals surface area contributed by atoms with Gasteiger partial charge in [-0.2, -0.15) is 0 Å². The molecule has 0 aliphatic carbocycles. The third kappa shape index (κ3) is 2.00. The number of aliphatic imine (C=N–C) groups is 1. The van der Waals surface area contributed by atoms with E-state index in [0.717, 1.165) is 6.07 Å². The Hall–Kier alpha value is -1.91. The first-order chi connectivity index (χ1) is 8.15. The van der Waals surface area contributed by atoms with E-state index in [1.165, 1.54) is 6.07 Å². The molecule has 5 heteroatoms. The van der Waals surface area contributed by atoms with Crippen molar-refractivity contribution in [1.29, 1.82) is 0 Å². The zero-order chi connectivity index (χ0) is 12.4. The van der Waals surface area contributed by atoms with Crippen LogP contribution in [0.2, 0.25) is 0 Å². The Morgan fingerprint density at radius 2 is 2.29 bits per heavy atom. The zero-order valence-corrected chi connectivity index (χ0v) is 9.24. The number of benzene rings is 1. The van der Waals surface area contributed by atoms with E-state index < -0.39 is 11.6 Å². The van der Waals surface area contributed by atoms with Gasteiger partial charge in [-0.1, -0.05) is 18.2 Å². The van der Waals surface area contributed by atoms with Crippen LogP contribution in [0.15, 0.2) is 35.8 Å². The predicted molar refractivity (Wildman–Crippen MR) is 62.5 cm³/mol. The summed E-state index contributed by atoms with van der Waals surface area (Å²) >= 11 is 0. The quantitative estimate of drug-likeness (QED) is 0.815. The van der Waals surface area contributed by atoms with Gasteiger partial charge >= 0.3 is 0 Å². The van der Waals surface area contributed by atoms with Gasteiger partial charge in [0.1, 0.15) is 0 Å². The van der Waals surface area contributed by atoms with E-state index in [4.69, 9.17) is 5.73 Å². The molecule has 17 heavy (non-hydrogen) atoms. The second kappa shape index (κ2) is 4.53. The van der Waals surface area contributed by atoms with Crippen LogP contribution in [-0.4, -0.2) is 23.9 Å². The first kappa shape index (κ1) is 11.6. The van der Waals surface area contributed by atoms with Gasteiger partial charge in [-0.25, -0.2) is 8.78 Å². The van der Waals surface area contributed by atoms with E-state index in [-0.39, 0.29) is 11.6 Å². The summed E-state index contributed by atoms with van der Waals surface area (Å²) in [7, 11) is 0. The van der Waals surface area contributed by atoms with E-state index in [1.807, 2.05) is 0 Å². The van der Waals surface area contributed by atoms with Gasteiger partial charge in [-0.15, -0.1) is 6.58 Å². The number of hydrogen-bond acceptors (Lipinski definition) is 3. The lowest BCUT2D eigenvalue weighted by atomic mass is 10.1. The van der Waals surface area contributed by atoms with Crippen molar-refractivity contribution in [3.63, 3.8) is 0 Å². The van der Waals surface area contributed by atoms with Gasteiger partial charge in [0.05, 0.1) is 12.6 Å². The maximum absolute atomic E-state index is 13.7. The van der Waals surface area contributed by atoms with Crippen LogP contribution in [0, 0.1) is 11.6 Å². The molecule has 0 radical (unpaired) electrons. The molecule has 0 fully saturated rings. The highest BCUT2D eigenvalue weighted by molar-refractivity contribution is 5.80. The molecule has 1 unspecified atom stereocenters. The predicted octanol–water partition coefficient (Wildman–Crippen LogP) is 1.82. The van der Waals surface area contributed by atoms with E-state index >= 15 is 0 Å². The lowest BCUT2D eigenvalue weighted by molar-refractivity contribution is 0.362. The fourth-order valence-electron chi connectivity index (χ4n) is 1.93. The lowest BCUT2D eigenvalue weighted by Gasteiger charge is -2.25. The second-order valence-corrected chi connectivity index (χ2v) is 3.80. The molecule has 0 aromatic heterocycles. The SMILES string of the molecule is C=CCN1C(N)=NCC1c1cccc(F)c1F. The molecule has 0 spiro atoms. The fraction of sp³-hybridized carbons (Fsp3) is 0.250. The average molecular weight is 237 g/mol. The van der Waals surface area contributed by atoms with Gasteiger partial charge in [0.15, 0.2) is 17.6 Å². The Kier molecular flexibility index (Phi) is 3.08. The zero-order valence-electron chi connectivity index (χ0n) is 9.24. The molecule has 1 atom stereocenters. The van der Waals surface area contributed by atoms with Crippen molar-refractivity contribution in [2.75, 3.05) is 13.1 Å². The van der Waals surface area contributed by atoms with Crippen LogP contribution >= 0.6 is 0 Å². The summed E-state index contributed by atoms with van der Waals surface area (Å²) in [6.45, 7) is 4.39. The van der Waals surface area contributed by atoms with Crippen molar-refractivity contribution in [2.24, 2.45) is 10.7 Å². The van der Waals surface area contributed by atoms with E-state index in [9.17, 15) is 8.78 Å². The molecule has 3 nitrogen and oxygen atoms in total. The molecular formula is C12H13F2N3. The van der Waals surface area contributed by atoms with Crippen molar-refractivity contribution >= 4 is 5.96 Å². The third-order valence-electron chi connectivity index (χ3n) is 2.76. The van der Waals surface area contributed by atoms with E-state index in [1.54, 1.807) is 17.0 Å². The van der Waals surface area contributed by atoms with Crippen LogP contribution in [0.5, 0.6) is 0 Å². The fourth-order valence-corrected chi connectivity index (χ4v) is 1.93. The number of nitrogens with two attached hydrogens (primary N) is 1. The molecule has 1 aromatic rings. The van der Waals surface area contributed by atoms with Crippen LogP contribution in [-0.2, 0) is 0 Å². The van der Waals surface area contributed by atoms with Crippen LogP contribution in [0.3, 0.4) is 0 Å². The maximum atomic E-state index is 13.7. The van der Waals surface area contributed by atoms with Crippen molar-refractivity contribution < 1.29 is 8.78 Å². The van der Waals surface area contributed by atoms with Gasteiger partial charge in [-0.3, -0.25) is 4.99 Å². The molecular weight excluding hydrogens is 224 g/mol. The minimum Gasteiger partial charge on any atom is -0.370 e. The van der Waals surface area contributed by atoms with E-state index in [2.05, 4.69) is 11.6 Å². The van der Waals surface area contributed by atoms with Crippen molar-refractivity contribution in [1.82, 2.24) is 4.90 Å². The normalized spacial score (nSPS) is 19.3. The Morgan fingerprint density at radius 1 is 1.53 bits per heavy atom. The molecule has 1 heterocycles. The summed E-state index contributed by atoms with van der Waals surface area (Å²) in [6, 6.07) is 3.76. The number of rotatable bonds is 3. The second-order valence-electron chi connectivity index (χ2n) is 3.80. The standard InChI is InChI=1S/C12H13F2N3/c1-2-6-17-10(7-16-12(17)15)8-4-3-5-9(13)11(8)14/h2-5,10H,1,6-7H2,(H2,15,16). The molecule has 0 bridgehead atoms. The smallest absolute Gasteiger partial charge is 0.192 e. The minimum absolute atomic E-state index is 0.274. The topological polar surface area (TPSA) is 41.6 Å². The number of guanidine groups is 1. The Morgan fingerprint density at radius 3 is 3.00 bits per heavy atom. The van der Waals surface area contributed by atoms with Crippen LogP contribution in [0.1, 0.15) is 11.6 Å². The first-order valence-corrected chi connectivity index (χ1v) is 5.26.